The Morgan fingerprint density at radius 2 is 2.05 bits per heavy atom. The van der Waals surface area contributed by atoms with E-state index in [1.165, 1.54) is 6.07 Å². The second-order valence-electron chi connectivity index (χ2n) is 4.88. The third kappa shape index (κ3) is 2.42. The van der Waals surface area contributed by atoms with E-state index in [0.29, 0.717) is 23.1 Å². The van der Waals surface area contributed by atoms with Gasteiger partial charge in [0.25, 0.3) is 0 Å². The van der Waals surface area contributed by atoms with E-state index in [1.54, 1.807) is 19.1 Å². The molecule has 2 aromatic rings. The first kappa shape index (κ1) is 12.0. The minimum Gasteiger partial charge on any atom is -0.308 e. The summed E-state index contributed by atoms with van der Waals surface area (Å²) < 4.78 is 13.3. The quantitative estimate of drug-likeness (QED) is 0.656. The Labute approximate surface area is 110 Å². The number of aryl methyl sites for hydroxylation is 1. The van der Waals surface area contributed by atoms with Gasteiger partial charge >= 0.3 is 0 Å². The topological polar surface area (TPSA) is 63.8 Å². The lowest BCUT2D eigenvalue weighted by atomic mass is 10.1. The number of rotatable bonds is 3. The lowest BCUT2D eigenvalue weighted by Gasteiger charge is -2.08. The van der Waals surface area contributed by atoms with E-state index < -0.39 is 0 Å². The Morgan fingerprint density at radius 3 is 2.68 bits per heavy atom. The van der Waals surface area contributed by atoms with Gasteiger partial charge in [0.2, 0.25) is 0 Å². The number of benzene rings is 1. The molecule has 1 heterocycles. The van der Waals surface area contributed by atoms with E-state index in [1.807, 2.05) is 6.07 Å². The highest BCUT2D eigenvalue weighted by atomic mass is 19.1. The smallest absolute Gasteiger partial charge is 0.161 e. The average Bonchev–Trinajstić information content (AvgIpc) is 3.26. The summed E-state index contributed by atoms with van der Waals surface area (Å²) >= 11 is 0. The lowest BCUT2D eigenvalue weighted by Crippen LogP contribution is -2.10. The number of aromatic nitrogens is 2. The van der Waals surface area contributed by atoms with Crippen molar-refractivity contribution in [3.63, 3.8) is 0 Å². The standard InChI is InChI=1S/C14H15FN4/c1-8-6-10(4-5-11(8)15)14-17-12(9-2-3-9)7-13(18-14)19-16/h4-7,9H,2-3,16H2,1H3,(H,17,18,19). The number of nitrogens with one attached hydrogen (secondary N) is 1. The van der Waals surface area contributed by atoms with Crippen LogP contribution < -0.4 is 11.3 Å². The van der Waals surface area contributed by atoms with Crippen LogP contribution in [0, 0.1) is 12.7 Å². The number of nitrogens with two attached hydrogens (primary N) is 1. The highest BCUT2D eigenvalue weighted by molar-refractivity contribution is 5.59. The van der Waals surface area contributed by atoms with Crippen LogP contribution in [0.3, 0.4) is 0 Å². The molecule has 0 radical (unpaired) electrons. The SMILES string of the molecule is Cc1cc(-c2nc(NN)cc(C3CC3)n2)ccc1F. The van der Waals surface area contributed by atoms with Gasteiger partial charge in [-0.1, -0.05) is 0 Å². The Balaban J connectivity index is 2.07. The maximum atomic E-state index is 13.3. The van der Waals surface area contributed by atoms with Crippen LogP contribution in [0.15, 0.2) is 24.3 Å². The van der Waals surface area contributed by atoms with Crippen molar-refractivity contribution in [3.8, 4) is 11.4 Å². The van der Waals surface area contributed by atoms with Gasteiger partial charge in [0.15, 0.2) is 5.82 Å². The molecule has 1 aromatic heterocycles. The molecular weight excluding hydrogens is 243 g/mol. The van der Waals surface area contributed by atoms with Gasteiger partial charge in [0.1, 0.15) is 11.6 Å². The molecule has 0 bridgehead atoms. The van der Waals surface area contributed by atoms with Crippen molar-refractivity contribution in [2.75, 3.05) is 5.43 Å². The fraction of sp³-hybridized carbons (Fsp3) is 0.286. The molecule has 5 heteroatoms. The predicted octanol–water partition coefficient (Wildman–Crippen LogP) is 2.75. The minimum absolute atomic E-state index is 0.223. The zero-order valence-electron chi connectivity index (χ0n) is 10.7. The minimum atomic E-state index is -0.223. The van der Waals surface area contributed by atoms with Gasteiger partial charge in [-0.25, -0.2) is 20.2 Å². The van der Waals surface area contributed by atoms with Crippen LogP contribution in [-0.2, 0) is 0 Å². The monoisotopic (exact) mass is 258 g/mol. The highest BCUT2D eigenvalue weighted by Gasteiger charge is 2.26. The number of hydrazine groups is 1. The first-order valence-corrected chi connectivity index (χ1v) is 6.29. The molecule has 1 aliphatic carbocycles. The summed E-state index contributed by atoms with van der Waals surface area (Å²) in [6.45, 7) is 1.73. The fourth-order valence-electron chi connectivity index (χ4n) is 2.04. The van der Waals surface area contributed by atoms with Crippen molar-refractivity contribution in [2.45, 2.75) is 25.7 Å². The average molecular weight is 258 g/mol. The van der Waals surface area contributed by atoms with Gasteiger partial charge in [-0.3, -0.25) is 0 Å². The second kappa shape index (κ2) is 4.59. The maximum Gasteiger partial charge on any atom is 0.161 e. The number of hydrogen-bond acceptors (Lipinski definition) is 4. The first-order valence-electron chi connectivity index (χ1n) is 6.29. The number of hydrogen-bond donors (Lipinski definition) is 2. The summed E-state index contributed by atoms with van der Waals surface area (Å²) in [4.78, 5) is 8.89. The molecule has 98 valence electrons. The molecular formula is C14H15FN4. The summed E-state index contributed by atoms with van der Waals surface area (Å²) in [5.41, 5.74) is 4.95. The number of nitrogens with zero attached hydrogens (tertiary/aromatic N) is 2. The molecule has 0 aliphatic heterocycles. The Morgan fingerprint density at radius 1 is 1.26 bits per heavy atom. The maximum absolute atomic E-state index is 13.3. The molecule has 1 saturated carbocycles. The molecule has 0 saturated heterocycles. The van der Waals surface area contributed by atoms with Crippen LogP contribution in [-0.4, -0.2) is 9.97 Å². The zero-order valence-corrected chi connectivity index (χ0v) is 10.7. The lowest BCUT2D eigenvalue weighted by molar-refractivity contribution is 0.618. The Kier molecular flexibility index (Phi) is 2.91. The molecule has 4 nitrogen and oxygen atoms in total. The van der Waals surface area contributed by atoms with Crippen molar-refractivity contribution in [1.29, 1.82) is 0 Å². The van der Waals surface area contributed by atoms with Crippen LogP contribution >= 0.6 is 0 Å². The molecule has 0 amide bonds. The van der Waals surface area contributed by atoms with Crippen molar-refractivity contribution in [3.05, 3.63) is 41.3 Å². The molecule has 1 fully saturated rings. The predicted molar refractivity (Wildman–Crippen MR) is 71.9 cm³/mol. The second-order valence-corrected chi connectivity index (χ2v) is 4.88. The van der Waals surface area contributed by atoms with Crippen molar-refractivity contribution in [2.24, 2.45) is 5.84 Å². The van der Waals surface area contributed by atoms with Crippen molar-refractivity contribution in [1.82, 2.24) is 9.97 Å². The summed E-state index contributed by atoms with van der Waals surface area (Å²) in [6, 6.07) is 6.75. The van der Waals surface area contributed by atoms with E-state index >= 15 is 0 Å². The van der Waals surface area contributed by atoms with Crippen molar-refractivity contribution >= 4 is 5.82 Å². The highest BCUT2D eigenvalue weighted by Crippen LogP contribution is 2.40. The fourth-order valence-corrected chi connectivity index (χ4v) is 2.04. The Bertz CT molecular complexity index is 623. The van der Waals surface area contributed by atoms with Crippen LogP contribution in [0.4, 0.5) is 10.2 Å². The summed E-state index contributed by atoms with van der Waals surface area (Å²) in [6.07, 6.45) is 2.31. The number of halogens is 1. The third-order valence-electron chi connectivity index (χ3n) is 3.31. The van der Waals surface area contributed by atoms with Crippen LogP contribution in [0.5, 0.6) is 0 Å². The zero-order chi connectivity index (χ0) is 13.4. The van der Waals surface area contributed by atoms with E-state index in [-0.39, 0.29) is 5.82 Å². The summed E-state index contributed by atoms with van der Waals surface area (Å²) in [5.74, 6) is 6.90. The van der Waals surface area contributed by atoms with E-state index in [4.69, 9.17) is 5.84 Å². The van der Waals surface area contributed by atoms with Gasteiger partial charge in [0.05, 0.1) is 0 Å². The summed E-state index contributed by atoms with van der Waals surface area (Å²) in [5, 5.41) is 0. The molecule has 19 heavy (non-hydrogen) atoms. The number of anilines is 1. The van der Waals surface area contributed by atoms with E-state index in [0.717, 1.165) is 24.1 Å². The van der Waals surface area contributed by atoms with Gasteiger partial charge < -0.3 is 5.43 Å². The molecule has 0 spiro atoms. The third-order valence-corrected chi connectivity index (χ3v) is 3.31. The first-order chi connectivity index (χ1) is 9.17. The molecule has 0 atom stereocenters. The number of nitrogen functional groups attached to an aromatic ring is 1. The Hall–Kier alpha value is -2.01. The molecule has 0 unspecified atom stereocenters. The largest absolute Gasteiger partial charge is 0.308 e. The summed E-state index contributed by atoms with van der Waals surface area (Å²) in [7, 11) is 0. The van der Waals surface area contributed by atoms with Crippen LogP contribution in [0.2, 0.25) is 0 Å². The van der Waals surface area contributed by atoms with E-state index in [2.05, 4.69) is 15.4 Å². The molecule has 3 N–H and O–H groups in total. The normalized spacial score (nSPS) is 14.5. The molecule has 3 rings (SSSR count). The molecule has 1 aliphatic rings. The van der Waals surface area contributed by atoms with Gasteiger partial charge in [-0.05, 0) is 43.5 Å². The van der Waals surface area contributed by atoms with Gasteiger partial charge in [-0.2, -0.15) is 0 Å². The molecule has 1 aromatic carbocycles. The van der Waals surface area contributed by atoms with Gasteiger partial charge in [0, 0.05) is 23.2 Å². The van der Waals surface area contributed by atoms with E-state index in [9.17, 15) is 4.39 Å². The van der Waals surface area contributed by atoms with Crippen molar-refractivity contribution < 1.29 is 4.39 Å². The van der Waals surface area contributed by atoms with Crippen LogP contribution in [0.1, 0.15) is 30.0 Å². The van der Waals surface area contributed by atoms with Crippen LogP contribution in [0.25, 0.3) is 11.4 Å². The van der Waals surface area contributed by atoms with Gasteiger partial charge in [-0.15, -0.1) is 0 Å².